The van der Waals surface area contributed by atoms with Crippen LogP contribution in [0.15, 0.2) is 0 Å². The third kappa shape index (κ3) is 11.7. The van der Waals surface area contributed by atoms with Gasteiger partial charge in [0.05, 0.1) is 0 Å². The summed E-state index contributed by atoms with van der Waals surface area (Å²) in [5.74, 6) is -1.96. The Hall–Kier alpha value is -0.422. The normalized spacial score (nSPS) is 26.8. The Balaban J connectivity index is 2.59. The Morgan fingerprint density at radius 3 is 2.27 bits per heavy atom. The molecule has 16 heteroatoms. The van der Waals surface area contributed by atoms with Gasteiger partial charge in [-0.15, -0.1) is 0 Å². The van der Waals surface area contributed by atoms with Gasteiger partial charge in [0.15, 0.2) is 0 Å². The number of aliphatic hydroxyl groups excluding tert-OH is 5. The van der Waals surface area contributed by atoms with Crippen LogP contribution in [0, 0.1) is 5.92 Å². The first kappa shape index (κ1) is 30.6. The molecule has 14 nitrogen and oxygen atoms in total. The minimum absolute atomic E-state index is 0.168. The number of aliphatic carboxylic acids is 1. The SMILES string of the molecule is C[As+](C)(CC(COCC(O)CO)C(=O)O)CC1OC(OCC(O)COS(=O)(=O)[O-])C(O)C1O. The molecule has 0 saturated carbocycles. The third-order valence-corrected chi connectivity index (χ3v) is 11.0. The molecule has 33 heavy (non-hydrogen) atoms. The van der Waals surface area contributed by atoms with Gasteiger partial charge in [0, 0.05) is 0 Å². The summed E-state index contributed by atoms with van der Waals surface area (Å²) in [6.07, 6.45) is -7.63. The van der Waals surface area contributed by atoms with Crippen LogP contribution in [-0.4, -0.2) is 133 Å². The first-order valence-corrected chi connectivity index (χ1v) is 17.7. The van der Waals surface area contributed by atoms with Gasteiger partial charge >= 0.3 is 194 Å². The molecule has 0 aromatic heterocycles. The molecular formula is C17H33AsO14S. The second-order valence-electron chi connectivity index (χ2n) is 8.41. The Morgan fingerprint density at radius 1 is 1.09 bits per heavy atom. The van der Waals surface area contributed by atoms with Gasteiger partial charge in [-0.1, -0.05) is 0 Å². The molecule has 0 aromatic rings. The van der Waals surface area contributed by atoms with Gasteiger partial charge in [-0.2, -0.15) is 0 Å². The van der Waals surface area contributed by atoms with E-state index in [4.69, 9.17) is 19.3 Å². The predicted molar refractivity (Wildman–Crippen MR) is 110 cm³/mol. The number of carboxylic acids is 1. The Bertz CT molecular complexity index is 704. The molecule has 1 aliphatic heterocycles. The van der Waals surface area contributed by atoms with Crippen LogP contribution in [0.3, 0.4) is 0 Å². The van der Waals surface area contributed by atoms with Crippen molar-refractivity contribution in [1.82, 2.24) is 0 Å². The average Bonchev–Trinajstić information content (AvgIpc) is 2.96. The topological polar surface area (TPSA) is 233 Å². The fourth-order valence-electron chi connectivity index (χ4n) is 3.18. The quantitative estimate of drug-likeness (QED) is 0.0622. The predicted octanol–water partition coefficient (Wildman–Crippen LogP) is -2.93. The number of hydrogen-bond acceptors (Lipinski definition) is 13. The summed E-state index contributed by atoms with van der Waals surface area (Å²) < 4.78 is 51.0. The summed E-state index contributed by atoms with van der Waals surface area (Å²) in [6, 6.07) is 0. The van der Waals surface area contributed by atoms with Crippen LogP contribution in [0.5, 0.6) is 0 Å². The molecule has 1 aliphatic rings. The van der Waals surface area contributed by atoms with E-state index in [1.54, 1.807) is 0 Å². The number of ether oxygens (including phenoxy) is 3. The van der Waals surface area contributed by atoms with Crippen molar-refractivity contribution in [3.63, 3.8) is 0 Å². The van der Waals surface area contributed by atoms with E-state index in [2.05, 4.69) is 4.18 Å². The molecule has 0 bridgehead atoms. The summed E-state index contributed by atoms with van der Waals surface area (Å²) in [7, 11) is -4.99. The maximum absolute atomic E-state index is 11.6. The fraction of sp³-hybridized carbons (Fsp3) is 0.941. The van der Waals surface area contributed by atoms with Gasteiger partial charge < -0.3 is 0 Å². The van der Waals surface area contributed by atoms with Crippen LogP contribution in [0.2, 0.25) is 21.8 Å². The summed E-state index contributed by atoms with van der Waals surface area (Å²) in [5, 5.41) is 58.2. The molecule has 196 valence electrons. The molecule has 0 amide bonds. The zero-order valence-electron chi connectivity index (χ0n) is 18.3. The molecule has 0 spiro atoms. The summed E-state index contributed by atoms with van der Waals surface area (Å²) in [5.41, 5.74) is 3.80. The maximum atomic E-state index is 11.6. The van der Waals surface area contributed by atoms with E-state index in [9.17, 15) is 43.3 Å². The van der Waals surface area contributed by atoms with E-state index in [1.807, 2.05) is 11.4 Å². The molecule has 0 aliphatic carbocycles. The molecule has 0 aromatic carbocycles. The Morgan fingerprint density at radius 2 is 1.73 bits per heavy atom. The van der Waals surface area contributed by atoms with Crippen LogP contribution >= 0.6 is 0 Å². The van der Waals surface area contributed by atoms with E-state index in [1.165, 1.54) is 0 Å². The molecule has 1 fully saturated rings. The summed E-state index contributed by atoms with van der Waals surface area (Å²) in [6.45, 7) is -2.28. The molecule has 6 N–H and O–H groups in total. The van der Waals surface area contributed by atoms with Gasteiger partial charge in [-0.3, -0.25) is 0 Å². The van der Waals surface area contributed by atoms with E-state index < -0.39 is 92.5 Å². The van der Waals surface area contributed by atoms with E-state index >= 15 is 0 Å². The average molecular weight is 568 g/mol. The van der Waals surface area contributed by atoms with Gasteiger partial charge in [0.25, 0.3) is 0 Å². The van der Waals surface area contributed by atoms with Crippen molar-refractivity contribution in [1.29, 1.82) is 0 Å². The summed E-state index contributed by atoms with van der Waals surface area (Å²) >= 11 is -2.74. The van der Waals surface area contributed by atoms with E-state index in [-0.39, 0.29) is 18.4 Å². The molecule has 1 rings (SSSR count). The molecule has 7 unspecified atom stereocenters. The zero-order valence-corrected chi connectivity index (χ0v) is 21.0. The zero-order chi connectivity index (χ0) is 25.4. The van der Waals surface area contributed by atoms with Crippen LogP contribution in [0.25, 0.3) is 0 Å². The van der Waals surface area contributed by atoms with E-state index in [0.29, 0.717) is 5.21 Å². The summed E-state index contributed by atoms with van der Waals surface area (Å²) in [4.78, 5) is 11.6. The van der Waals surface area contributed by atoms with Crippen LogP contribution in [-0.2, 0) is 33.6 Å². The van der Waals surface area contributed by atoms with Crippen molar-refractivity contribution < 1.29 is 66.8 Å². The number of carbonyl (C=O) groups is 1. The number of rotatable bonds is 16. The third-order valence-electron chi connectivity index (χ3n) is 4.75. The van der Waals surface area contributed by atoms with Crippen molar-refractivity contribution in [2.24, 2.45) is 5.92 Å². The van der Waals surface area contributed by atoms with Gasteiger partial charge in [-0.05, 0) is 0 Å². The monoisotopic (exact) mass is 568 g/mol. The van der Waals surface area contributed by atoms with Crippen LogP contribution in [0.4, 0.5) is 0 Å². The Labute approximate surface area is 194 Å². The minimum atomic E-state index is -4.99. The number of hydrogen-bond donors (Lipinski definition) is 6. The van der Waals surface area contributed by atoms with Crippen molar-refractivity contribution >= 4 is 29.9 Å². The first-order valence-electron chi connectivity index (χ1n) is 9.98. The van der Waals surface area contributed by atoms with Crippen molar-refractivity contribution in [3.05, 3.63) is 0 Å². The Kier molecular flexibility index (Phi) is 12.6. The number of aliphatic hydroxyl groups is 5. The molecule has 1 saturated heterocycles. The van der Waals surface area contributed by atoms with Crippen LogP contribution in [0.1, 0.15) is 0 Å². The van der Waals surface area contributed by atoms with Gasteiger partial charge in [0.1, 0.15) is 0 Å². The van der Waals surface area contributed by atoms with Crippen molar-refractivity contribution in [2.75, 3.05) is 33.0 Å². The second kappa shape index (κ2) is 13.6. The molecule has 0 radical (unpaired) electrons. The number of carboxylic acid groups (broad SMARTS) is 1. The van der Waals surface area contributed by atoms with E-state index in [0.717, 1.165) is 0 Å². The molecular weight excluding hydrogens is 535 g/mol. The van der Waals surface area contributed by atoms with Crippen molar-refractivity contribution in [2.45, 2.75) is 58.6 Å². The van der Waals surface area contributed by atoms with Crippen LogP contribution < -0.4 is 0 Å². The van der Waals surface area contributed by atoms with Gasteiger partial charge in [0.2, 0.25) is 0 Å². The molecule has 7 atom stereocenters. The standard InChI is InChI=1S/C17H33AsO14S/c1-18(2,3-10(16(24)25)6-29-7-11(20)5-19)4-13-14(22)15(23)17(32-13)30-8-12(21)9-31-33(26,27)28/h10-15,17,19-23H,3-9H2,1-2H3,(H-,24,25,26,27,28). The first-order chi connectivity index (χ1) is 15.1. The fourth-order valence-corrected chi connectivity index (χ4v) is 9.55. The molecule has 1 heterocycles. The van der Waals surface area contributed by atoms with Gasteiger partial charge in [-0.25, -0.2) is 0 Å². The van der Waals surface area contributed by atoms with Crippen molar-refractivity contribution in [3.8, 4) is 0 Å². The second-order valence-corrected chi connectivity index (χ2v) is 19.1.